The summed E-state index contributed by atoms with van der Waals surface area (Å²) in [6.07, 6.45) is 11.1. The maximum absolute atomic E-state index is 6.18. The number of anilines is 1. The van der Waals surface area contributed by atoms with Gasteiger partial charge in [0.15, 0.2) is 11.5 Å². The monoisotopic (exact) mass is 375 g/mol. The van der Waals surface area contributed by atoms with E-state index in [4.69, 9.17) is 11.6 Å². The van der Waals surface area contributed by atoms with E-state index in [9.17, 15) is 0 Å². The van der Waals surface area contributed by atoms with Crippen molar-refractivity contribution in [2.45, 2.75) is 77.8 Å². The summed E-state index contributed by atoms with van der Waals surface area (Å²) in [6.45, 7) is 6.93. The van der Waals surface area contributed by atoms with Crippen molar-refractivity contribution in [1.82, 2.24) is 19.5 Å². The van der Waals surface area contributed by atoms with Crippen LogP contribution in [0.25, 0.3) is 11.2 Å². The average molecular weight is 376 g/mol. The first-order valence-corrected chi connectivity index (χ1v) is 10.6. The van der Waals surface area contributed by atoms with E-state index in [2.05, 4.69) is 45.6 Å². The number of fused-ring (bicyclic) bond motifs is 1. The van der Waals surface area contributed by atoms with Gasteiger partial charge in [-0.15, -0.1) is 0 Å². The Kier molecular flexibility index (Phi) is 5.09. The van der Waals surface area contributed by atoms with Crippen LogP contribution in [0.5, 0.6) is 0 Å². The van der Waals surface area contributed by atoms with Crippen molar-refractivity contribution in [3.8, 4) is 0 Å². The smallest absolute Gasteiger partial charge is 0.226 e. The van der Waals surface area contributed by atoms with E-state index in [1.54, 1.807) is 0 Å². The van der Waals surface area contributed by atoms with Crippen LogP contribution in [0.15, 0.2) is 6.33 Å². The van der Waals surface area contributed by atoms with Gasteiger partial charge in [0.1, 0.15) is 5.52 Å². The average Bonchev–Trinajstić information content (AvgIpc) is 2.97. The molecule has 0 amide bonds. The minimum Gasteiger partial charge on any atom is -0.365 e. The molecule has 5 nitrogen and oxygen atoms in total. The third-order valence-corrected chi connectivity index (χ3v) is 6.97. The molecule has 2 atom stereocenters. The molecule has 0 saturated heterocycles. The fourth-order valence-electron chi connectivity index (χ4n) is 4.60. The Balaban J connectivity index is 1.64. The molecule has 0 aromatic carbocycles. The molecule has 2 fully saturated rings. The number of nitrogens with one attached hydrogen (secondary N) is 1. The van der Waals surface area contributed by atoms with Crippen LogP contribution in [0.2, 0.25) is 5.28 Å². The summed E-state index contributed by atoms with van der Waals surface area (Å²) >= 11 is 6.18. The lowest BCUT2D eigenvalue weighted by molar-refractivity contribution is 0.227. The van der Waals surface area contributed by atoms with Gasteiger partial charge in [0.05, 0.1) is 6.33 Å². The van der Waals surface area contributed by atoms with Gasteiger partial charge in [0.25, 0.3) is 0 Å². The number of hydrogen-bond acceptors (Lipinski definition) is 4. The van der Waals surface area contributed by atoms with Gasteiger partial charge >= 0.3 is 0 Å². The Morgan fingerprint density at radius 3 is 2.46 bits per heavy atom. The SMILES string of the molecule is CC([C@H]1CC[C@H](C)CC1)n1cnc2nc(Cl)nc(N[C@H](C)C3CCC3)c21. The van der Waals surface area contributed by atoms with Crippen LogP contribution >= 0.6 is 11.6 Å². The van der Waals surface area contributed by atoms with Gasteiger partial charge < -0.3 is 9.88 Å². The predicted octanol–water partition coefficient (Wildman–Crippen LogP) is 5.47. The highest BCUT2D eigenvalue weighted by Crippen LogP contribution is 2.38. The normalized spacial score (nSPS) is 26.5. The lowest BCUT2D eigenvalue weighted by atomic mass is 9.79. The van der Waals surface area contributed by atoms with Crippen LogP contribution < -0.4 is 5.32 Å². The van der Waals surface area contributed by atoms with E-state index in [1.165, 1.54) is 44.9 Å². The zero-order chi connectivity index (χ0) is 18.3. The van der Waals surface area contributed by atoms with Crippen LogP contribution in [0.3, 0.4) is 0 Å². The summed E-state index contributed by atoms with van der Waals surface area (Å²) in [5.74, 6) is 3.12. The molecule has 2 aliphatic rings. The standard InChI is InChI=1S/C20H30ClN5/c1-12-7-9-16(10-8-12)14(3)26-11-22-18-17(26)19(25-20(21)24-18)23-13(2)15-5-4-6-15/h11-16H,4-10H2,1-3H3,(H,23,24,25)/t12-,13-,14?,16-/m1/s1. The highest BCUT2D eigenvalue weighted by Gasteiger charge is 2.28. The van der Waals surface area contributed by atoms with E-state index >= 15 is 0 Å². The van der Waals surface area contributed by atoms with Gasteiger partial charge in [0.2, 0.25) is 5.28 Å². The van der Waals surface area contributed by atoms with E-state index < -0.39 is 0 Å². The van der Waals surface area contributed by atoms with Crippen LogP contribution in [-0.2, 0) is 0 Å². The number of aromatic nitrogens is 4. The quantitative estimate of drug-likeness (QED) is 0.704. The molecule has 0 radical (unpaired) electrons. The Labute approximate surface area is 161 Å². The van der Waals surface area contributed by atoms with E-state index in [-0.39, 0.29) is 5.28 Å². The van der Waals surface area contributed by atoms with Gasteiger partial charge in [-0.3, -0.25) is 0 Å². The topological polar surface area (TPSA) is 55.6 Å². The summed E-state index contributed by atoms with van der Waals surface area (Å²) in [6, 6.07) is 0.795. The molecule has 1 unspecified atom stereocenters. The molecule has 2 aliphatic carbocycles. The van der Waals surface area contributed by atoms with Gasteiger partial charge in [0, 0.05) is 12.1 Å². The van der Waals surface area contributed by atoms with Gasteiger partial charge in [-0.2, -0.15) is 9.97 Å². The Morgan fingerprint density at radius 2 is 1.81 bits per heavy atom. The van der Waals surface area contributed by atoms with Crippen molar-refractivity contribution in [3.05, 3.63) is 11.6 Å². The van der Waals surface area contributed by atoms with E-state index in [0.717, 1.165) is 23.2 Å². The molecular weight excluding hydrogens is 346 g/mol. The summed E-state index contributed by atoms with van der Waals surface area (Å²) in [5.41, 5.74) is 1.70. The third-order valence-electron chi connectivity index (χ3n) is 6.80. The molecule has 0 aliphatic heterocycles. The number of imidazole rings is 1. The summed E-state index contributed by atoms with van der Waals surface area (Å²) in [4.78, 5) is 13.4. The molecule has 6 heteroatoms. The third kappa shape index (κ3) is 3.42. The van der Waals surface area contributed by atoms with E-state index in [0.29, 0.717) is 23.6 Å². The lowest BCUT2D eigenvalue weighted by Gasteiger charge is -2.33. The first-order chi connectivity index (χ1) is 12.5. The molecule has 0 spiro atoms. The van der Waals surface area contributed by atoms with Crippen molar-refractivity contribution in [1.29, 1.82) is 0 Å². The zero-order valence-corrected chi connectivity index (χ0v) is 16.8. The number of rotatable bonds is 5. The molecule has 2 saturated carbocycles. The van der Waals surface area contributed by atoms with Crippen LogP contribution in [0, 0.1) is 17.8 Å². The molecule has 2 heterocycles. The van der Waals surface area contributed by atoms with Gasteiger partial charge in [-0.05, 0) is 68.9 Å². The summed E-state index contributed by atoms with van der Waals surface area (Å²) in [5, 5.41) is 3.89. The Hall–Kier alpha value is -1.36. The first-order valence-electron chi connectivity index (χ1n) is 10.2. The first kappa shape index (κ1) is 18.0. The molecule has 26 heavy (non-hydrogen) atoms. The fourth-order valence-corrected chi connectivity index (χ4v) is 4.76. The summed E-state index contributed by atoms with van der Waals surface area (Å²) < 4.78 is 2.28. The maximum Gasteiger partial charge on any atom is 0.226 e. The molecule has 142 valence electrons. The van der Waals surface area contributed by atoms with Gasteiger partial charge in [-0.1, -0.05) is 26.2 Å². The minimum atomic E-state index is 0.269. The van der Waals surface area contributed by atoms with Crippen molar-refractivity contribution < 1.29 is 0 Å². The maximum atomic E-state index is 6.18. The second kappa shape index (κ2) is 7.34. The van der Waals surface area contributed by atoms with Crippen molar-refractivity contribution >= 4 is 28.6 Å². The van der Waals surface area contributed by atoms with Crippen LogP contribution in [-0.4, -0.2) is 25.6 Å². The van der Waals surface area contributed by atoms with Crippen molar-refractivity contribution in [2.24, 2.45) is 17.8 Å². The Morgan fingerprint density at radius 1 is 1.08 bits per heavy atom. The number of hydrogen-bond donors (Lipinski definition) is 1. The zero-order valence-electron chi connectivity index (χ0n) is 16.1. The second-order valence-electron chi connectivity index (χ2n) is 8.55. The van der Waals surface area contributed by atoms with Crippen molar-refractivity contribution in [3.63, 3.8) is 0 Å². The van der Waals surface area contributed by atoms with E-state index in [1.807, 2.05) is 6.33 Å². The molecule has 4 rings (SSSR count). The second-order valence-corrected chi connectivity index (χ2v) is 8.89. The molecular formula is C20H30ClN5. The fraction of sp³-hybridized carbons (Fsp3) is 0.750. The molecule has 2 aromatic rings. The summed E-state index contributed by atoms with van der Waals surface area (Å²) in [7, 11) is 0. The molecule has 0 bridgehead atoms. The Bertz CT molecular complexity index is 761. The van der Waals surface area contributed by atoms with Crippen LogP contribution in [0.1, 0.15) is 71.8 Å². The molecule has 2 aromatic heterocycles. The van der Waals surface area contributed by atoms with Gasteiger partial charge in [-0.25, -0.2) is 4.98 Å². The lowest BCUT2D eigenvalue weighted by Crippen LogP contribution is -2.31. The number of nitrogens with zero attached hydrogens (tertiary/aromatic N) is 4. The number of halogens is 1. The highest BCUT2D eigenvalue weighted by atomic mass is 35.5. The van der Waals surface area contributed by atoms with Crippen molar-refractivity contribution in [2.75, 3.05) is 5.32 Å². The highest BCUT2D eigenvalue weighted by molar-refractivity contribution is 6.28. The predicted molar refractivity (Wildman–Crippen MR) is 107 cm³/mol. The minimum absolute atomic E-state index is 0.269. The molecule has 1 N–H and O–H groups in total. The largest absolute Gasteiger partial charge is 0.365 e. The van der Waals surface area contributed by atoms with Crippen LogP contribution in [0.4, 0.5) is 5.82 Å².